The van der Waals surface area contributed by atoms with Crippen molar-refractivity contribution in [1.29, 1.82) is 0 Å². The summed E-state index contributed by atoms with van der Waals surface area (Å²) in [6.07, 6.45) is 4.98. The quantitative estimate of drug-likeness (QED) is 0.359. The molecule has 2 aromatic rings. The van der Waals surface area contributed by atoms with Crippen molar-refractivity contribution in [1.82, 2.24) is 5.32 Å². The molecule has 5 heteroatoms. The second-order valence-corrected chi connectivity index (χ2v) is 8.26. The van der Waals surface area contributed by atoms with Gasteiger partial charge in [0.2, 0.25) is 5.91 Å². The Morgan fingerprint density at radius 1 is 0.903 bits per heavy atom. The van der Waals surface area contributed by atoms with Crippen molar-refractivity contribution in [3.8, 4) is 5.75 Å². The lowest BCUT2D eigenvalue weighted by Crippen LogP contribution is -2.43. The Balaban J connectivity index is 1.82. The highest BCUT2D eigenvalue weighted by Gasteiger charge is 2.21. The number of carbonyl (C=O) groups excluding carboxylic acids is 2. The van der Waals surface area contributed by atoms with Crippen molar-refractivity contribution in [3.63, 3.8) is 0 Å². The molecule has 1 amide bonds. The molecule has 0 aliphatic carbocycles. The van der Waals surface area contributed by atoms with E-state index in [0.717, 1.165) is 36.1 Å². The van der Waals surface area contributed by atoms with Crippen LogP contribution in [0.25, 0.3) is 0 Å². The molecule has 1 N–H and O–H groups in total. The fourth-order valence-electron chi connectivity index (χ4n) is 3.32. The van der Waals surface area contributed by atoms with Crippen LogP contribution < -0.4 is 10.1 Å². The molecule has 0 unspecified atom stereocenters. The van der Waals surface area contributed by atoms with Crippen LogP contribution in [0.1, 0.15) is 57.1 Å². The smallest absolute Gasteiger partial charge is 0.328 e. The predicted molar refractivity (Wildman–Crippen MR) is 123 cm³/mol. The van der Waals surface area contributed by atoms with Crippen LogP contribution in [0.15, 0.2) is 54.6 Å². The minimum Gasteiger partial charge on any atom is -0.489 e. The van der Waals surface area contributed by atoms with Crippen LogP contribution in [0, 0.1) is 5.92 Å². The summed E-state index contributed by atoms with van der Waals surface area (Å²) in [5, 5.41) is 2.83. The third-order valence-electron chi connectivity index (χ3n) is 5.12. The molecule has 31 heavy (non-hydrogen) atoms. The first-order chi connectivity index (χ1) is 15.0. The lowest BCUT2D eigenvalue weighted by atomic mass is 10.0. The summed E-state index contributed by atoms with van der Waals surface area (Å²) < 4.78 is 10.7. The second kappa shape index (κ2) is 13.5. The van der Waals surface area contributed by atoms with E-state index in [9.17, 15) is 9.59 Å². The summed E-state index contributed by atoms with van der Waals surface area (Å²) in [4.78, 5) is 24.5. The summed E-state index contributed by atoms with van der Waals surface area (Å²) in [7, 11) is 1.34. The molecule has 2 rings (SSSR count). The van der Waals surface area contributed by atoms with Crippen LogP contribution in [-0.2, 0) is 27.4 Å². The minimum atomic E-state index is -0.691. The Bertz CT molecular complexity index is 787. The van der Waals surface area contributed by atoms with Crippen LogP contribution in [-0.4, -0.2) is 25.0 Å². The summed E-state index contributed by atoms with van der Waals surface area (Å²) in [5.74, 6) is 0.903. The van der Waals surface area contributed by atoms with Crippen molar-refractivity contribution in [3.05, 3.63) is 65.7 Å². The Labute approximate surface area is 186 Å². The summed E-state index contributed by atoms with van der Waals surface area (Å²) in [6.45, 7) is 4.91. The molecule has 0 aliphatic heterocycles. The van der Waals surface area contributed by atoms with E-state index in [1.165, 1.54) is 13.5 Å². The summed E-state index contributed by atoms with van der Waals surface area (Å²) in [6, 6.07) is 16.9. The fourth-order valence-corrected chi connectivity index (χ4v) is 3.32. The molecular weight excluding hydrogens is 390 g/mol. The Kier molecular flexibility index (Phi) is 10.6. The summed E-state index contributed by atoms with van der Waals surface area (Å²) in [5.41, 5.74) is 2.03. The zero-order chi connectivity index (χ0) is 22.5. The van der Waals surface area contributed by atoms with Crippen molar-refractivity contribution in [2.45, 2.75) is 65.0 Å². The van der Waals surface area contributed by atoms with E-state index in [0.29, 0.717) is 25.4 Å². The molecule has 0 aromatic heterocycles. The standard InChI is InChI=1S/C26H35NO4/c1-20(2)10-6-4-9-13-25(28)27-24(26(29)30-3)18-21-14-16-23(17-15-21)31-19-22-11-7-5-8-12-22/h5,7-8,11-12,14-17,20,24H,4,6,9-10,13,18-19H2,1-3H3,(H,27,28)/t24-/m1/s1. The molecule has 0 fully saturated rings. The molecule has 0 bridgehead atoms. The van der Waals surface area contributed by atoms with Gasteiger partial charge in [0, 0.05) is 12.8 Å². The van der Waals surface area contributed by atoms with E-state index in [-0.39, 0.29) is 5.91 Å². The molecule has 168 valence electrons. The highest BCUT2D eigenvalue weighted by atomic mass is 16.5. The molecule has 0 radical (unpaired) electrons. The molecule has 0 spiro atoms. The number of nitrogens with one attached hydrogen (secondary N) is 1. The Morgan fingerprint density at radius 2 is 1.61 bits per heavy atom. The Morgan fingerprint density at radius 3 is 2.26 bits per heavy atom. The lowest BCUT2D eigenvalue weighted by molar-refractivity contribution is -0.145. The number of esters is 1. The van der Waals surface area contributed by atoms with Crippen molar-refractivity contribution in [2.75, 3.05) is 7.11 Å². The number of unbranched alkanes of at least 4 members (excludes halogenated alkanes) is 2. The van der Waals surface area contributed by atoms with Gasteiger partial charge in [0.15, 0.2) is 0 Å². The number of hydrogen-bond donors (Lipinski definition) is 1. The highest BCUT2D eigenvalue weighted by Crippen LogP contribution is 2.16. The van der Waals surface area contributed by atoms with Crippen LogP contribution >= 0.6 is 0 Å². The highest BCUT2D eigenvalue weighted by molar-refractivity contribution is 5.84. The zero-order valence-corrected chi connectivity index (χ0v) is 18.9. The van der Waals surface area contributed by atoms with Gasteiger partial charge in [-0.25, -0.2) is 4.79 Å². The topological polar surface area (TPSA) is 64.6 Å². The number of benzene rings is 2. The third kappa shape index (κ3) is 9.69. The average Bonchev–Trinajstić information content (AvgIpc) is 2.78. The van der Waals surface area contributed by atoms with Gasteiger partial charge in [0.05, 0.1) is 7.11 Å². The van der Waals surface area contributed by atoms with Gasteiger partial charge in [0.1, 0.15) is 18.4 Å². The van der Waals surface area contributed by atoms with Crippen LogP contribution in [0.5, 0.6) is 5.75 Å². The van der Waals surface area contributed by atoms with Gasteiger partial charge in [0.25, 0.3) is 0 Å². The molecular formula is C26H35NO4. The first-order valence-corrected chi connectivity index (χ1v) is 11.1. The van der Waals surface area contributed by atoms with E-state index in [1.807, 2.05) is 54.6 Å². The molecule has 0 saturated heterocycles. The molecule has 1 atom stereocenters. The van der Waals surface area contributed by atoms with Gasteiger partial charge >= 0.3 is 5.97 Å². The second-order valence-electron chi connectivity index (χ2n) is 8.26. The largest absolute Gasteiger partial charge is 0.489 e. The minimum absolute atomic E-state index is 0.109. The van der Waals surface area contributed by atoms with Gasteiger partial charge in [-0.2, -0.15) is 0 Å². The lowest BCUT2D eigenvalue weighted by Gasteiger charge is -2.17. The number of carbonyl (C=O) groups is 2. The fraction of sp³-hybridized carbons (Fsp3) is 0.462. The van der Waals surface area contributed by atoms with E-state index in [2.05, 4.69) is 19.2 Å². The van der Waals surface area contributed by atoms with Crippen LogP contribution in [0.3, 0.4) is 0 Å². The number of hydrogen-bond acceptors (Lipinski definition) is 4. The van der Waals surface area contributed by atoms with E-state index < -0.39 is 12.0 Å². The molecule has 5 nitrogen and oxygen atoms in total. The molecule has 0 aliphatic rings. The molecule has 2 aromatic carbocycles. The molecule has 0 saturated carbocycles. The van der Waals surface area contributed by atoms with Gasteiger partial charge in [-0.3, -0.25) is 4.79 Å². The van der Waals surface area contributed by atoms with E-state index in [1.54, 1.807) is 0 Å². The predicted octanol–water partition coefficient (Wildman–Crippen LogP) is 5.07. The SMILES string of the molecule is COC(=O)[C@@H](Cc1ccc(OCc2ccccc2)cc1)NC(=O)CCCCCC(C)C. The van der Waals surface area contributed by atoms with Crippen molar-refractivity contribution >= 4 is 11.9 Å². The number of rotatable bonds is 13. The maximum absolute atomic E-state index is 12.3. The van der Waals surface area contributed by atoms with Gasteiger partial charge in [-0.15, -0.1) is 0 Å². The average molecular weight is 426 g/mol. The van der Waals surface area contributed by atoms with Crippen LogP contribution in [0.2, 0.25) is 0 Å². The zero-order valence-electron chi connectivity index (χ0n) is 18.9. The van der Waals surface area contributed by atoms with Crippen molar-refractivity contribution in [2.24, 2.45) is 5.92 Å². The van der Waals surface area contributed by atoms with Gasteiger partial charge in [-0.05, 0) is 35.6 Å². The number of amides is 1. The number of methoxy groups -OCH3 is 1. The van der Waals surface area contributed by atoms with E-state index in [4.69, 9.17) is 9.47 Å². The number of ether oxygens (including phenoxy) is 2. The van der Waals surface area contributed by atoms with E-state index >= 15 is 0 Å². The Hall–Kier alpha value is -2.82. The normalized spacial score (nSPS) is 11.7. The maximum atomic E-state index is 12.3. The monoisotopic (exact) mass is 425 g/mol. The van der Waals surface area contributed by atoms with Crippen molar-refractivity contribution < 1.29 is 19.1 Å². The van der Waals surface area contributed by atoms with Crippen LogP contribution in [0.4, 0.5) is 0 Å². The van der Waals surface area contributed by atoms with Gasteiger partial charge in [-0.1, -0.05) is 75.6 Å². The maximum Gasteiger partial charge on any atom is 0.328 e. The first kappa shape index (κ1) is 24.4. The molecule has 0 heterocycles. The third-order valence-corrected chi connectivity index (χ3v) is 5.12. The first-order valence-electron chi connectivity index (χ1n) is 11.1. The summed E-state index contributed by atoms with van der Waals surface area (Å²) >= 11 is 0. The van der Waals surface area contributed by atoms with Gasteiger partial charge < -0.3 is 14.8 Å².